The number of ether oxygens (including phenoxy) is 3. The fourth-order valence-corrected chi connectivity index (χ4v) is 3.80. The topological polar surface area (TPSA) is 122 Å². The minimum Gasteiger partial charge on any atom is -0.493 e. The first-order chi connectivity index (χ1) is 14.5. The van der Waals surface area contributed by atoms with E-state index in [1.807, 2.05) is 12.1 Å². The van der Waals surface area contributed by atoms with Gasteiger partial charge in [-0.2, -0.15) is 5.10 Å². The summed E-state index contributed by atoms with van der Waals surface area (Å²) >= 11 is 1.05. The van der Waals surface area contributed by atoms with E-state index in [1.165, 1.54) is 6.21 Å². The summed E-state index contributed by atoms with van der Waals surface area (Å²) in [5.41, 5.74) is 0.744. The number of amides is 1. The molecule has 2 aliphatic rings. The molecule has 0 radical (unpaired) electrons. The highest BCUT2D eigenvalue weighted by molar-refractivity contribution is 8.15. The minimum atomic E-state index is -1.04. The van der Waals surface area contributed by atoms with E-state index >= 15 is 0 Å². The molecule has 2 N–H and O–H groups in total. The van der Waals surface area contributed by atoms with E-state index in [4.69, 9.17) is 19.3 Å². The lowest BCUT2D eigenvalue weighted by molar-refractivity contribution is -0.138. The van der Waals surface area contributed by atoms with Crippen molar-refractivity contribution in [2.24, 2.45) is 10.2 Å². The average molecular weight is 436 g/mol. The van der Waals surface area contributed by atoms with Gasteiger partial charge in [0.2, 0.25) is 5.91 Å². The Hall–Kier alpha value is -2.63. The van der Waals surface area contributed by atoms with Gasteiger partial charge in [-0.1, -0.05) is 11.8 Å². The molecule has 2 saturated heterocycles. The van der Waals surface area contributed by atoms with Crippen molar-refractivity contribution in [3.8, 4) is 11.5 Å². The van der Waals surface area contributed by atoms with Crippen LogP contribution >= 0.6 is 11.8 Å². The van der Waals surface area contributed by atoms with Crippen LogP contribution in [0, 0.1) is 0 Å². The van der Waals surface area contributed by atoms with Crippen LogP contribution in [0.25, 0.3) is 0 Å². The molecule has 1 aromatic carbocycles. The number of methoxy groups -OCH3 is 1. The number of carbonyl (C=O) groups excluding carboxylic acids is 1. The zero-order valence-electron chi connectivity index (χ0n) is 16.6. The van der Waals surface area contributed by atoms with Crippen molar-refractivity contribution >= 4 is 35.0 Å². The first kappa shape index (κ1) is 22.1. The van der Waals surface area contributed by atoms with Crippen LogP contribution in [-0.2, 0) is 14.3 Å². The van der Waals surface area contributed by atoms with E-state index in [0.29, 0.717) is 18.1 Å². The number of aliphatic carboxylic acids is 1. The molecule has 0 bridgehead atoms. The van der Waals surface area contributed by atoms with Crippen LogP contribution in [0.15, 0.2) is 28.4 Å². The molecule has 1 atom stereocenters. The number of carboxylic acid groups (broad SMARTS) is 1. The van der Waals surface area contributed by atoms with Gasteiger partial charge in [-0.05, 0) is 23.8 Å². The predicted octanol–water partition coefficient (Wildman–Crippen LogP) is 0.802. The van der Waals surface area contributed by atoms with Crippen LogP contribution in [0.4, 0.5) is 0 Å². The number of nitrogens with one attached hydrogen (secondary N) is 1. The fraction of sp³-hybridized carbons (Fsp3) is 0.474. The number of morpholine rings is 1. The van der Waals surface area contributed by atoms with E-state index in [9.17, 15) is 9.59 Å². The lowest BCUT2D eigenvalue weighted by Gasteiger charge is -2.26. The molecule has 30 heavy (non-hydrogen) atoms. The number of benzene rings is 1. The molecule has 1 aromatic rings. The van der Waals surface area contributed by atoms with Gasteiger partial charge < -0.3 is 24.6 Å². The Bertz CT molecular complexity index is 825. The van der Waals surface area contributed by atoms with Crippen LogP contribution in [0.5, 0.6) is 11.5 Å². The third kappa shape index (κ3) is 6.44. The van der Waals surface area contributed by atoms with Gasteiger partial charge in [-0.25, -0.2) is 0 Å². The normalized spacial score (nSPS) is 21.2. The molecule has 2 aliphatic heterocycles. The largest absolute Gasteiger partial charge is 0.493 e. The molecule has 0 aliphatic carbocycles. The number of amidine groups is 1. The van der Waals surface area contributed by atoms with E-state index in [2.05, 4.69) is 20.4 Å². The van der Waals surface area contributed by atoms with Crippen molar-refractivity contribution in [1.29, 1.82) is 0 Å². The quantitative estimate of drug-likeness (QED) is 0.431. The Morgan fingerprint density at radius 1 is 1.40 bits per heavy atom. The maximum Gasteiger partial charge on any atom is 0.305 e. The van der Waals surface area contributed by atoms with Gasteiger partial charge in [0.1, 0.15) is 11.9 Å². The van der Waals surface area contributed by atoms with Gasteiger partial charge >= 0.3 is 5.97 Å². The van der Waals surface area contributed by atoms with Crippen LogP contribution in [0.2, 0.25) is 0 Å². The Labute approximate surface area is 178 Å². The number of carboxylic acids is 1. The van der Waals surface area contributed by atoms with Crippen molar-refractivity contribution in [3.63, 3.8) is 0 Å². The zero-order valence-corrected chi connectivity index (χ0v) is 17.4. The first-order valence-electron chi connectivity index (χ1n) is 9.46. The summed E-state index contributed by atoms with van der Waals surface area (Å²) in [6.45, 7) is 4.70. The van der Waals surface area contributed by atoms with Crippen LogP contribution in [0.3, 0.4) is 0 Å². The Morgan fingerprint density at radius 3 is 2.93 bits per heavy atom. The van der Waals surface area contributed by atoms with Crippen LogP contribution < -0.4 is 14.8 Å². The molecule has 11 heteroatoms. The molecule has 0 aromatic heterocycles. The molecule has 2 heterocycles. The smallest absolute Gasteiger partial charge is 0.305 e. The third-order valence-corrected chi connectivity index (χ3v) is 5.52. The predicted molar refractivity (Wildman–Crippen MR) is 113 cm³/mol. The van der Waals surface area contributed by atoms with Crippen molar-refractivity contribution in [2.45, 2.75) is 11.7 Å². The monoisotopic (exact) mass is 436 g/mol. The molecule has 10 nitrogen and oxygen atoms in total. The summed E-state index contributed by atoms with van der Waals surface area (Å²) in [5, 5.41) is 18.8. The summed E-state index contributed by atoms with van der Waals surface area (Å²) < 4.78 is 16.6. The Morgan fingerprint density at radius 2 is 2.20 bits per heavy atom. The molecule has 3 rings (SSSR count). The second kappa shape index (κ2) is 11.0. The number of thioether (sulfide) groups is 1. The molecule has 0 spiro atoms. The first-order valence-corrected chi connectivity index (χ1v) is 10.3. The average Bonchev–Trinajstić information content (AvgIpc) is 3.08. The van der Waals surface area contributed by atoms with Crippen LogP contribution in [0.1, 0.15) is 12.0 Å². The molecule has 0 saturated carbocycles. The van der Waals surface area contributed by atoms with Gasteiger partial charge in [0.05, 0.1) is 33.0 Å². The second-order valence-corrected chi connectivity index (χ2v) is 7.75. The van der Waals surface area contributed by atoms with E-state index in [0.717, 1.165) is 50.2 Å². The Kier molecular flexibility index (Phi) is 8.05. The minimum absolute atomic E-state index is 0.260. The molecule has 1 amide bonds. The van der Waals surface area contributed by atoms with Gasteiger partial charge in [-0.3, -0.25) is 14.5 Å². The van der Waals surface area contributed by atoms with E-state index in [-0.39, 0.29) is 17.5 Å². The summed E-state index contributed by atoms with van der Waals surface area (Å²) in [6.07, 6.45) is 1.26. The van der Waals surface area contributed by atoms with Crippen molar-refractivity contribution in [2.75, 3.05) is 46.6 Å². The summed E-state index contributed by atoms with van der Waals surface area (Å²) in [7, 11) is 1.57. The van der Waals surface area contributed by atoms with Crippen molar-refractivity contribution < 1.29 is 28.9 Å². The van der Waals surface area contributed by atoms with Crippen molar-refractivity contribution in [1.82, 2.24) is 10.2 Å². The fourth-order valence-electron chi connectivity index (χ4n) is 2.89. The zero-order chi connectivity index (χ0) is 21.3. The summed E-state index contributed by atoms with van der Waals surface area (Å²) in [6, 6.07) is 5.41. The number of hydrogen-bond acceptors (Lipinski definition) is 9. The SMILES string of the molecule is COc1cc(C=NN=C2NC(=O)C(CC(=O)O)S2)ccc1OCCN1CCOCC1. The molecular weight excluding hydrogens is 412 g/mol. The van der Waals surface area contributed by atoms with Crippen molar-refractivity contribution in [3.05, 3.63) is 23.8 Å². The standard InChI is InChI=1S/C19H24N4O6S/c1-27-15-10-13(2-3-14(15)29-9-6-23-4-7-28-8-5-23)12-20-22-19-21-18(26)16(30-19)11-17(24)25/h2-3,10,12,16H,4-9,11H2,1H3,(H,24,25)(H,21,22,26). The number of rotatable bonds is 9. The van der Waals surface area contributed by atoms with Crippen LogP contribution in [-0.4, -0.2) is 85.1 Å². The lowest BCUT2D eigenvalue weighted by Crippen LogP contribution is -2.38. The maximum absolute atomic E-state index is 11.7. The molecular formula is C19H24N4O6S. The highest BCUT2D eigenvalue weighted by Crippen LogP contribution is 2.27. The highest BCUT2D eigenvalue weighted by Gasteiger charge is 2.32. The molecule has 2 fully saturated rings. The second-order valence-electron chi connectivity index (χ2n) is 6.56. The summed E-state index contributed by atoms with van der Waals surface area (Å²) in [4.78, 5) is 24.7. The number of carbonyl (C=O) groups is 2. The third-order valence-electron chi connectivity index (χ3n) is 4.45. The highest BCUT2D eigenvalue weighted by atomic mass is 32.2. The number of nitrogens with zero attached hydrogens (tertiary/aromatic N) is 3. The van der Waals surface area contributed by atoms with Gasteiger partial charge in [0.25, 0.3) is 0 Å². The van der Waals surface area contributed by atoms with E-state index in [1.54, 1.807) is 13.2 Å². The Balaban J connectivity index is 1.54. The number of hydrogen-bond donors (Lipinski definition) is 2. The van der Waals surface area contributed by atoms with Gasteiger partial charge in [0.15, 0.2) is 16.7 Å². The molecule has 1 unspecified atom stereocenters. The molecule has 162 valence electrons. The summed E-state index contributed by atoms with van der Waals surface area (Å²) in [5.74, 6) is -0.189. The van der Waals surface area contributed by atoms with E-state index < -0.39 is 11.2 Å². The van der Waals surface area contributed by atoms with Gasteiger partial charge in [-0.15, -0.1) is 5.10 Å². The maximum atomic E-state index is 11.7. The van der Waals surface area contributed by atoms with Gasteiger partial charge in [0, 0.05) is 19.6 Å². The lowest BCUT2D eigenvalue weighted by atomic mass is 10.2.